The fraction of sp³-hybridized carbons (Fsp3) is 0.455. The van der Waals surface area contributed by atoms with Crippen LogP contribution in [0.25, 0.3) is 0 Å². The van der Waals surface area contributed by atoms with Crippen molar-refractivity contribution < 1.29 is 13.2 Å². The average Bonchev–Trinajstić information content (AvgIpc) is 2.76. The quantitative estimate of drug-likeness (QED) is 0.689. The van der Waals surface area contributed by atoms with Crippen LogP contribution in [0.3, 0.4) is 0 Å². The van der Waals surface area contributed by atoms with Crippen LogP contribution in [0.1, 0.15) is 54.0 Å². The van der Waals surface area contributed by atoms with Crippen molar-refractivity contribution in [2.45, 2.75) is 51.5 Å². The second-order valence-electron chi connectivity index (χ2n) is 7.93. The number of aromatic nitrogens is 1. The Labute approximate surface area is 180 Å². The van der Waals surface area contributed by atoms with Crippen LogP contribution < -0.4 is 5.32 Å². The smallest absolute Gasteiger partial charge is 0.253 e. The van der Waals surface area contributed by atoms with E-state index in [9.17, 15) is 13.2 Å². The first-order valence-corrected chi connectivity index (χ1v) is 12.1. The minimum atomic E-state index is -3.22. The second kappa shape index (κ2) is 9.31. The molecule has 1 N–H and O–H groups in total. The van der Waals surface area contributed by atoms with E-state index in [0.29, 0.717) is 22.9 Å². The molecular weight excluding hydrogens is 397 g/mol. The third kappa shape index (κ3) is 4.76. The van der Waals surface area contributed by atoms with Gasteiger partial charge in [0.05, 0.1) is 21.9 Å². The lowest BCUT2D eigenvalue weighted by Crippen LogP contribution is -2.40. The van der Waals surface area contributed by atoms with E-state index in [4.69, 9.17) is 0 Å². The molecule has 3 rings (SSSR count). The maximum Gasteiger partial charge on any atom is 0.253 e. The van der Waals surface area contributed by atoms with Crippen LogP contribution in [0.2, 0.25) is 6.82 Å². The van der Waals surface area contributed by atoms with Crippen LogP contribution in [0, 0.1) is 5.92 Å². The largest absolute Gasteiger partial charge is 0.348 e. The Balaban J connectivity index is 1.70. The fourth-order valence-corrected chi connectivity index (χ4v) is 4.80. The van der Waals surface area contributed by atoms with Gasteiger partial charge < -0.3 is 10.1 Å². The number of nitrogens with zero attached hydrogens (tertiary/aromatic N) is 2. The SMILES string of the molecule is C[B]N1CCc2cc(C(=O)NCc3ccc(S(=O)(=O)CC)cc3)cnc2C1C(C)C. The number of nitrogens with one attached hydrogen (secondary N) is 1. The zero-order valence-electron chi connectivity index (χ0n) is 18.1. The molecule has 0 spiro atoms. The van der Waals surface area contributed by atoms with Crippen molar-refractivity contribution in [2.24, 2.45) is 5.92 Å². The van der Waals surface area contributed by atoms with Gasteiger partial charge in [-0.1, -0.05) is 39.7 Å². The standard InChI is InChI=1S/C22H29BN3O3S/c1-5-30(28,29)19-8-6-16(7-9-19)13-25-22(27)18-12-17-10-11-26(23-4)21(15(2)3)20(17)24-14-18/h6-9,12,14-15,21H,5,10-11,13H2,1-4H3,(H,25,27). The summed E-state index contributed by atoms with van der Waals surface area (Å²) in [6, 6.07) is 8.83. The molecule has 0 bridgehead atoms. The highest BCUT2D eigenvalue weighted by Gasteiger charge is 2.30. The van der Waals surface area contributed by atoms with E-state index in [0.717, 1.165) is 29.8 Å². The van der Waals surface area contributed by atoms with E-state index in [-0.39, 0.29) is 17.7 Å². The van der Waals surface area contributed by atoms with Gasteiger partial charge in [0.1, 0.15) is 0 Å². The van der Waals surface area contributed by atoms with E-state index in [1.165, 1.54) is 0 Å². The molecule has 1 aromatic carbocycles. The van der Waals surface area contributed by atoms with Crippen LogP contribution in [0.5, 0.6) is 0 Å². The number of carbonyl (C=O) groups excluding carboxylic acids is 1. The first-order chi connectivity index (χ1) is 14.3. The highest BCUT2D eigenvalue weighted by molar-refractivity contribution is 7.91. The molecule has 2 aromatic rings. The normalized spacial score (nSPS) is 16.9. The lowest BCUT2D eigenvalue weighted by atomic mass is 9.81. The Morgan fingerprint density at radius 3 is 2.60 bits per heavy atom. The molecule has 8 heteroatoms. The van der Waals surface area contributed by atoms with Gasteiger partial charge in [-0.25, -0.2) is 8.42 Å². The zero-order chi connectivity index (χ0) is 21.9. The van der Waals surface area contributed by atoms with E-state index in [2.05, 4.69) is 36.4 Å². The van der Waals surface area contributed by atoms with Crippen LogP contribution >= 0.6 is 0 Å². The number of amides is 1. The van der Waals surface area contributed by atoms with Crippen LogP contribution in [-0.2, 0) is 22.8 Å². The lowest BCUT2D eigenvalue weighted by Gasteiger charge is -2.38. The van der Waals surface area contributed by atoms with Crippen molar-refractivity contribution in [3.8, 4) is 0 Å². The summed E-state index contributed by atoms with van der Waals surface area (Å²) in [6.07, 6.45) is 2.52. The number of benzene rings is 1. The van der Waals surface area contributed by atoms with E-state index in [1.54, 1.807) is 37.4 Å². The summed E-state index contributed by atoms with van der Waals surface area (Å²) < 4.78 is 23.8. The summed E-state index contributed by atoms with van der Waals surface area (Å²) in [5.41, 5.74) is 3.58. The van der Waals surface area contributed by atoms with Crippen molar-refractivity contribution in [1.82, 2.24) is 15.1 Å². The first kappa shape index (κ1) is 22.5. The molecular formula is C22H29BN3O3S. The van der Waals surface area contributed by atoms with Crippen LogP contribution in [-0.4, -0.2) is 43.8 Å². The van der Waals surface area contributed by atoms with Gasteiger partial charge >= 0.3 is 0 Å². The van der Waals surface area contributed by atoms with Gasteiger partial charge in [0.25, 0.3) is 5.91 Å². The summed E-state index contributed by atoms with van der Waals surface area (Å²) >= 11 is 0. The molecule has 6 nitrogen and oxygen atoms in total. The number of fused-ring (bicyclic) bond motifs is 1. The molecule has 159 valence electrons. The average molecular weight is 426 g/mol. The summed E-state index contributed by atoms with van der Waals surface area (Å²) in [6.45, 7) is 9.30. The molecule has 1 unspecified atom stereocenters. The molecule has 1 aromatic heterocycles. The predicted molar refractivity (Wildman–Crippen MR) is 119 cm³/mol. The minimum absolute atomic E-state index is 0.0696. The number of rotatable bonds is 7. The van der Waals surface area contributed by atoms with Crippen molar-refractivity contribution >= 4 is 23.2 Å². The minimum Gasteiger partial charge on any atom is -0.348 e. The van der Waals surface area contributed by atoms with Crippen molar-refractivity contribution in [3.05, 3.63) is 58.9 Å². The molecule has 1 atom stereocenters. The van der Waals surface area contributed by atoms with Crippen LogP contribution in [0.15, 0.2) is 41.4 Å². The summed E-state index contributed by atoms with van der Waals surface area (Å²) in [7, 11) is -1.10. The number of hydrogen-bond acceptors (Lipinski definition) is 5. The Hall–Kier alpha value is -2.19. The van der Waals surface area contributed by atoms with Gasteiger partial charge in [0, 0.05) is 18.8 Å². The lowest BCUT2D eigenvalue weighted by molar-refractivity contribution is 0.0950. The maximum absolute atomic E-state index is 12.6. The second-order valence-corrected chi connectivity index (χ2v) is 10.2. The topological polar surface area (TPSA) is 79.4 Å². The van der Waals surface area contributed by atoms with Gasteiger partial charge in [-0.15, -0.1) is 0 Å². The fourth-order valence-electron chi connectivity index (χ4n) is 3.91. The van der Waals surface area contributed by atoms with Crippen molar-refractivity contribution in [1.29, 1.82) is 0 Å². The number of sulfone groups is 1. The zero-order valence-corrected chi connectivity index (χ0v) is 18.9. The van der Waals surface area contributed by atoms with Gasteiger partial charge in [-0.2, -0.15) is 0 Å². The molecule has 0 fully saturated rings. The maximum atomic E-state index is 12.6. The molecule has 1 aliphatic heterocycles. The Kier molecular flexibility index (Phi) is 6.98. The van der Waals surface area contributed by atoms with Gasteiger partial charge in [0.2, 0.25) is 7.41 Å². The predicted octanol–water partition coefficient (Wildman–Crippen LogP) is 3.03. The third-order valence-corrected chi connectivity index (χ3v) is 7.37. The molecule has 1 amide bonds. The first-order valence-electron chi connectivity index (χ1n) is 10.4. The third-order valence-electron chi connectivity index (χ3n) is 5.62. The molecule has 0 saturated heterocycles. The number of hydrogen-bond donors (Lipinski definition) is 1. The van der Waals surface area contributed by atoms with E-state index >= 15 is 0 Å². The highest BCUT2D eigenvalue weighted by atomic mass is 32.2. The Bertz CT molecular complexity index is 1010. The summed E-state index contributed by atoms with van der Waals surface area (Å²) in [4.78, 5) is 19.9. The molecule has 2 heterocycles. The highest BCUT2D eigenvalue weighted by Crippen LogP contribution is 2.33. The molecule has 1 radical (unpaired) electrons. The monoisotopic (exact) mass is 426 g/mol. The number of pyridine rings is 1. The Morgan fingerprint density at radius 2 is 2.00 bits per heavy atom. The molecule has 0 saturated carbocycles. The van der Waals surface area contributed by atoms with Crippen molar-refractivity contribution in [2.75, 3.05) is 12.3 Å². The summed E-state index contributed by atoms with van der Waals surface area (Å²) in [5.74, 6) is 0.313. The number of carbonyl (C=O) groups is 1. The summed E-state index contributed by atoms with van der Waals surface area (Å²) in [5, 5.41) is 2.90. The van der Waals surface area contributed by atoms with Gasteiger partial charge in [0.15, 0.2) is 9.84 Å². The molecule has 30 heavy (non-hydrogen) atoms. The molecule has 1 aliphatic rings. The van der Waals surface area contributed by atoms with Crippen LogP contribution in [0.4, 0.5) is 0 Å². The Morgan fingerprint density at radius 1 is 1.30 bits per heavy atom. The van der Waals surface area contributed by atoms with E-state index in [1.807, 2.05) is 12.9 Å². The molecule has 0 aliphatic carbocycles. The van der Waals surface area contributed by atoms with Gasteiger partial charge in [-0.05, 0) is 48.2 Å². The van der Waals surface area contributed by atoms with Gasteiger partial charge in [-0.3, -0.25) is 9.78 Å². The van der Waals surface area contributed by atoms with E-state index < -0.39 is 9.84 Å². The van der Waals surface area contributed by atoms with Crippen molar-refractivity contribution in [3.63, 3.8) is 0 Å².